The molecule has 2 aliphatic heterocycles. The molecular weight excluding hydrogens is 436 g/mol. The van der Waals surface area contributed by atoms with Crippen LogP contribution in [0.25, 0.3) is 22.3 Å². The molecule has 6 bridgehead atoms. The molecule has 0 saturated heterocycles. The second-order valence-electron chi connectivity index (χ2n) is 8.77. The van der Waals surface area contributed by atoms with Crippen molar-refractivity contribution in [2.45, 2.75) is 19.6 Å². The smallest absolute Gasteiger partial charge is 0.274 e. The molecule has 0 saturated carbocycles. The monoisotopic (exact) mass is 460 g/mol. The molecule has 0 unspecified atom stereocenters. The van der Waals surface area contributed by atoms with Crippen LogP contribution in [-0.2, 0) is 31.5 Å². The summed E-state index contributed by atoms with van der Waals surface area (Å²) in [6, 6.07) is 22.5. The van der Waals surface area contributed by atoms with E-state index in [4.69, 9.17) is 0 Å². The number of amides is 1. The molecule has 1 amide bonds. The van der Waals surface area contributed by atoms with Gasteiger partial charge < -0.3 is 10.6 Å². The molecule has 35 heavy (non-hydrogen) atoms. The van der Waals surface area contributed by atoms with E-state index in [1.807, 2.05) is 48.3 Å². The second-order valence-corrected chi connectivity index (χ2v) is 8.77. The molecule has 0 radical (unpaired) electrons. The Labute approximate surface area is 203 Å². The maximum absolute atomic E-state index is 13.4. The van der Waals surface area contributed by atoms with Crippen molar-refractivity contribution in [2.75, 3.05) is 5.32 Å². The number of benzene rings is 3. The standard InChI is InChI=1S/C28H24N6O/c1-34-26-16-29-13-18-4-2-5-19(10-18)20-6-3-7-23(11-20)33-28(35)27-24-12-21(25(26)15-32-34)8-9-22(24)14-30-17-31-27/h2-12,15,17,29H,13-14,16H2,1H3,(H,33,35). The van der Waals surface area contributed by atoms with Gasteiger partial charge in [0.2, 0.25) is 0 Å². The average molecular weight is 461 g/mol. The predicted molar refractivity (Wildman–Crippen MR) is 138 cm³/mol. The highest BCUT2D eigenvalue weighted by Crippen LogP contribution is 2.29. The van der Waals surface area contributed by atoms with Gasteiger partial charge in [0.05, 0.1) is 18.4 Å². The van der Waals surface area contributed by atoms with E-state index >= 15 is 0 Å². The molecule has 1 aromatic heterocycles. The predicted octanol–water partition coefficient (Wildman–Crippen LogP) is 4.33. The summed E-state index contributed by atoms with van der Waals surface area (Å²) in [5.41, 5.74) is 9.22. The van der Waals surface area contributed by atoms with Gasteiger partial charge in [0, 0.05) is 37.0 Å². The number of nitrogens with one attached hydrogen (secondary N) is 2. The minimum absolute atomic E-state index is 0.264. The first-order chi connectivity index (χ1) is 17.2. The molecule has 0 atom stereocenters. The Balaban J connectivity index is 1.51. The lowest BCUT2D eigenvalue weighted by molar-refractivity contribution is -0.110. The minimum atomic E-state index is -0.264. The number of carbonyl (C=O) groups excluding carboxylic acids is 1. The van der Waals surface area contributed by atoms with E-state index in [1.54, 1.807) is 0 Å². The fourth-order valence-corrected chi connectivity index (χ4v) is 4.66. The van der Waals surface area contributed by atoms with Crippen LogP contribution in [0.2, 0.25) is 0 Å². The van der Waals surface area contributed by atoms with Crippen molar-refractivity contribution in [1.29, 1.82) is 0 Å². The lowest BCUT2D eigenvalue weighted by atomic mass is 9.96. The van der Waals surface area contributed by atoms with Crippen LogP contribution in [0, 0.1) is 0 Å². The van der Waals surface area contributed by atoms with E-state index in [1.165, 1.54) is 11.9 Å². The number of aliphatic imine (C=N–C) groups is 2. The van der Waals surface area contributed by atoms with E-state index < -0.39 is 0 Å². The Morgan fingerprint density at radius 1 is 0.886 bits per heavy atom. The largest absolute Gasteiger partial charge is 0.321 e. The summed E-state index contributed by atoms with van der Waals surface area (Å²) in [4.78, 5) is 22.2. The van der Waals surface area contributed by atoms with Crippen LogP contribution < -0.4 is 10.6 Å². The summed E-state index contributed by atoms with van der Waals surface area (Å²) < 4.78 is 1.90. The van der Waals surface area contributed by atoms with E-state index in [-0.39, 0.29) is 5.91 Å². The van der Waals surface area contributed by atoms with Crippen molar-refractivity contribution in [2.24, 2.45) is 17.0 Å². The number of aryl methyl sites for hydroxylation is 1. The molecule has 172 valence electrons. The van der Waals surface area contributed by atoms with Crippen molar-refractivity contribution in [3.05, 3.63) is 95.3 Å². The molecule has 7 nitrogen and oxygen atoms in total. The van der Waals surface area contributed by atoms with Crippen LogP contribution in [0.15, 0.2) is 82.9 Å². The fourth-order valence-electron chi connectivity index (χ4n) is 4.66. The first-order valence-corrected chi connectivity index (χ1v) is 11.6. The third kappa shape index (κ3) is 4.06. The quantitative estimate of drug-likeness (QED) is 0.410. The third-order valence-electron chi connectivity index (χ3n) is 6.49. The van der Waals surface area contributed by atoms with Gasteiger partial charge in [-0.1, -0.05) is 42.5 Å². The summed E-state index contributed by atoms with van der Waals surface area (Å²) in [7, 11) is 1.95. The van der Waals surface area contributed by atoms with Crippen molar-refractivity contribution < 1.29 is 4.79 Å². The fraction of sp³-hybridized carbons (Fsp3) is 0.143. The normalized spacial score (nSPS) is 14.9. The second kappa shape index (κ2) is 8.77. The Hall–Kier alpha value is -4.36. The molecule has 0 aliphatic carbocycles. The maximum Gasteiger partial charge on any atom is 0.274 e. The molecule has 0 fully saturated rings. The number of hydrogen-bond acceptors (Lipinski definition) is 5. The van der Waals surface area contributed by atoms with Crippen LogP contribution in [0.1, 0.15) is 22.4 Å². The van der Waals surface area contributed by atoms with Gasteiger partial charge in [-0.15, -0.1) is 0 Å². The van der Waals surface area contributed by atoms with Gasteiger partial charge in [-0.25, -0.2) is 4.99 Å². The molecule has 3 heterocycles. The molecule has 3 aromatic carbocycles. The van der Waals surface area contributed by atoms with E-state index in [0.29, 0.717) is 18.8 Å². The Bertz CT molecular complexity index is 1510. The highest BCUT2D eigenvalue weighted by atomic mass is 16.1. The van der Waals surface area contributed by atoms with Crippen LogP contribution in [-0.4, -0.2) is 27.7 Å². The zero-order valence-corrected chi connectivity index (χ0v) is 19.3. The zero-order valence-electron chi connectivity index (χ0n) is 19.3. The van der Waals surface area contributed by atoms with Gasteiger partial charge >= 0.3 is 0 Å². The van der Waals surface area contributed by atoms with Crippen molar-refractivity contribution in [3.8, 4) is 22.3 Å². The Morgan fingerprint density at radius 2 is 1.74 bits per heavy atom. The van der Waals surface area contributed by atoms with Gasteiger partial charge in [0.1, 0.15) is 12.1 Å². The van der Waals surface area contributed by atoms with Crippen molar-refractivity contribution >= 4 is 23.6 Å². The number of hydrogen-bond donors (Lipinski definition) is 2. The summed E-state index contributed by atoms with van der Waals surface area (Å²) in [6.45, 7) is 1.86. The van der Waals surface area contributed by atoms with Gasteiger partial charge in [0.15, 0.2) is 0 Å². The Morgan fingerprint density at radius 3 is 2.66 bits per heavy atom. The van der Waals surface area contributed by atoms with Crippen LogP contribution in [0.4, 0.5) is 5.69 Å². The van der Waals surface area contributed by atoms with Gasteiger partial charge in [-0.3, -0.25) is 14.5 Å². The van der Waals surface area contributed by atoms with Crippen LogP contribution in [0.3, 0.4) is 0 Å². The van der Waals surface area contributed by atoms with Gasteiger partial charge in [0.25, 0.3) is 5.91 Å². The lowest BCUT2D eigenvalue weighted by Gasteiger charge is -2.13. The zero-order chi connectivity index (χ0) is 23.8. The number of aromatic nitrogens is 2. The SMILES string of the molecule is Cn1ncc2c1CNCc1cccc(c1)-c1cccc(c1)NC(=O)C1=NC=NCc3ccc-2cc31. The first kappa shape index (κ1) is 21.2. The number of anilines is 1. The molecule has 0 spiro atoms. The lowest BCUT2D eigenvalue weighted by Crippen LogP contribution is -2.25. The molecular formula is C28H24N6O. The summed E-state index contributed by atoms with van der Waals surface area (Å²) in [6.07, 6.45) is 3.35. The van der Waals surface area contributed by atoms with Gasteiger partial charge in [-0.05, 0) is 52.1 Å². The van der Waals surface area contributed by atoms with Gasteiger partial charge in [-0.2, -0.15) is 5.10 Å². The third-order valence-corrected chi connectivity index (χ3v) is 6.49. The summed E-state index contributed by atoms with van der Waals surface area (Å²) in [5, 5.41) is 11.1. The number of fused-ring (bicyclic) bond motifs is 8. The minimum Gasteiger partial charge on any atom is -0.321 e. The Kier molecular flexibility index (Phi) is 5.31. The summed E-state index contributed by atoms with van der Waals surface area (Å²) >= 11 is 0. The van der Waals surface area contributed by atoms with Crippen molar-refractivity contribution in [1.82, 2.24) is 15.1 Å². The topological polar surface area (TPSA) is 83.7 Å². The van der Waals surface area contributed by atoms with Crippen LogP contribution >= 0.6 is 0 Å². The number of carbonyl (C=O) groups is 1. The molecule has 2 N–H and O–H groups in total. The van der Waals surface area contributed by atoms with Crippen molar-refractivity contribution in [3.63, 3.8) is 0 Å². The highest BCUT2D eigenvalue weighted by molar-refractivity contribution is 6.50. The summed E-state index contributed by atoms with van der Waals surface area (Å²) in [5.74, 6) is -0.264. The number of nitrogens with zero attached hydrogens (tertiary/aromatic N) is 4. The number of rotatable bonds is 0. The van der Waals surface area contributed by atoms with Crippen LogP contribution in [0.5, 0.6) is 0 Å². The maximum atomic E-state index is 13.4. The highest BCUT2D eigenvalue weighted by Gasteiger charge is 2.21. The average Bonchev–Trinajstić information content (AvgIpc) is 3.10. The van der Waals surface area contributed by atoms with E-state index in [0.717, 1.165) is 51.3 Å². The van der Waals surface area contributed by atoms with E-state index in [9.17, 15) is 4.79 Å². The molecule has 6 rings (SSSR count). The molecule has 2 aliphatic rings. The first-order valence-electron chi connectivity index (χ1n) is 11.6. The van der Waals surface area contributed by atoms with E-state index in [2.05, 4.69) is 62.1 Å². The molecule has 4 aromatic rings. The molecule has 7 heteroatoms.